The van der Waals surface area contributed by atoms with E-state index in [9.17, 15) is 0 Å². The molecule has 1 aromatic heterocycles. The van der Waals surface area contributed by atoms with E-state index in [1.54, 1.807) is 11.3 Å². The number of hydrogen-bond acceptors (Lipinski definition) is 5. The number of aromatic nitrogens is 1. The van der Waals surface area contributed by atoms with E-state index in [4.69, 9.17) is 4.74 Å². The van der Waals surface area contributed by atoms with Crippen LogP contribution in [0.4, 0.5) is 0 Å². The summed E-state index contributed by atoms with van der Waals surface area (Å²) < 4.78 is 5.38. The third-order valence-corrected chi connectivity index (χ3v) is 4.78. The molecule has 25 heavy (non-hydrogen) atoms. The molecule has 144 valence electrons. The first-order valence-corrected chi connectivity index (χ1v) is 9.83. The molecule has 1 saturated heterocycles. The number of guanidine groups is 1. The van der Waals surface area contributed by atoms with Crippen molar-refractivity contribution in [2.45, 2.75) is 39.7 Å². The largest absolute Gasteiger partial charge is 0.379 e. The summed E-state index contributed by atoms with van der Waals surface area (Å²) >= 11 is 1.69. The number of hydrogen-bond donors (Lipinski definition) is 2. The van der Waals surface area contributed by atoms with E-state index in [0.717, 1.165) is 69.0 Å². The summed E-state index contributed by atoms with van der Waals surface area (Å²) in [6, 6.07) is 0. The number of halogens is 1. The molecule has 2 rings (SSSR count). The van der Waals surface area contributed by atoms with Gasteiger partial charge in [0.1, 0.15) is 5.01 Å². The van der Waals surface area contributed by atoms with Gasteiger partial charge in [-0.1, -0.05) is 13.8 Å². The summed E-state index contributed by atoms with van der Waals surface area (Å²) in [5.74, 6) is 1.35. The molecule has 0 aromatic carbocycles. The van der Waals surface area contributed by atoms with E-state index in [-0.39, 0.29) is 24.0 Å². The summed E-state index contributed by atoms with van der Waals surface area (Å²) in [5.41, 5.74) is 1.16. The number of rotatable bonds is 8. The summed E-state index contributed by atoms with van der Waals surface area (Å²) in [5, 5.41) is 9.93. The Morgan fingerprint density at radius 3 is 2.76 bits per heavy atom. The van der Waals surface area contributed by atoms with Crippen LogP contribution in [0, 0.1) is 0 Å². The van der Waals surface area contributed by atoms with E-state index in [1.165, 1.54) is 0 Å². The van der Waals surface area contributed by atoms with Crippen LogP contribution >= 0.6 is 35.3 Å². The van der Waals surface area contributed by atoms with Crippen LogP contribution in [0.3, 0.4) is 0 Å². The van der Waals surface area contributed by atoms with Crippen molar-refractivity contribution in [3.8, 4) is 0 Å². The smallest absolute Gasteiger partial charge is 0.191 e. The molecule has 0 spiro atoms. The fourth-order valence-corrected chi connectivity index (χ4v) is 3.36. The van der Waals surface area contributed by atoms with Crippen molar-refractivity contribution in [2.24, 2.45) is 4.99 Å². The van der Waals surface area contributed by atoms with Crippen molar-refractivity contribution in [3.05, 3.63) is 16.1 Å². The highest BCUT2D eigenvalue weighted by atomic mass is 127. The summed E-state index contributed by atoms with van der Waals surface area (Å²) in [6.07, 6.45) is 1.11. The Morgan fingerprint density at radius 1 is 1.36 bits per heavy atom. The van der Waals surface area contributed by atoms with Gasteiger partial charge in [-0.3, -0.25) is 4.90 Å². The number of aliphatic imine (C=N–C) groups is 1. The van der Waals surface area contributed by atoms with Gasteiger partial charge in [0.15, 0.2) is 5.96 Å². The Kier molecular flexibility index (Phi) is 11.6. The highest BCUT2D eigenvalue weighted by Gasteiger charge is 2.09. The molecule has 0 unspecified atom stereocenters. The zero-order chi connectivity index (χ0) is 17.2. The average Bonchev–Trinajstić information content (AvgIpc) is 3.06. The fourth-order valence-electron chi connectivity index (χ4n) is 2.49. The second kappa shape index (κ2) is 12.8. The van der Waals surface area contributed by atoms with Crippen LogP contribution in [-0.4, -0.2) is 61.8 Å². The van der Waals surface area contributed by atoms with Gasteiger partial charge < -0.3 is 15.4 Å². The molecule has 8 heteroatoms. The fraction of sp³-hybridized carbons (Fsp3) is 0.765. The number of nitrogens with zero attached hydrogens (tertiary/aromatic N) is 3. The predicted octanol–water partition coefficient (Wildman–Crippen LogP) is 2.66. The van der Waals surface area contributed by atoms with Crippen molar-refractivity contribution in [3.63, 3.8) is 0 Å². The van der Waals surface area contributed by atoms with E-state index in [0.29, 0.717) is 12.5 Å². The van der Waals surface area contributed by atoms with Crippen molar-refractivity contribution in [1.82, 2.24) is 20.5 Å². The molecule has 1 aliphatic rings. The lowest BCUT2D eigenvalue weighted by Crippen LogP contribution is -2.40. The molecule has 0 bridgehead atoms. The molecule has 1 aromatic rings. The van der Waals surface area contributed by atoms with E-state index in [2.05, 4.69) is 51.7 Å². The molecule has 0 radical (unpaired) electrons. The van der Waals surface area contributed by atoms with Crippen LogP contribution < -0.4 is 10.6 Å². The molecule has 0 amide bonds. The third kappa shape index (κ3) is 8.65. The summed E-state index contributed by atoms with van der Waals surface area (Å²) in [7, 11) is 0. The number of thiazole rings is 1. The normalized spacial score (nSPS) is 15.9. The minimum Gasteiger partial charge on any atom is -0.379 e. The number of nitrogens with one attached hydrogen (secondary N) is 2. The Hall–Kier alpha value is -0.450. The van der Waals surface area contributed by atoms with Crippen molar-refractivity contribution in [1.29, 1.82) is 0 Å². The summed E-state index contributed by atoms with van der Waals surface area (Å²) in [6.45, 7) is 13.8. The quantitative estimate of drug-likeness (QED) is 0.259. The Bertz CT molecular complexity index is 503. The van der Waals surface area contributed by atoms with Gasteiger partial charge in [-0.25, -0.2) is 9.98 Å². The van der Waals surface area contributed by atoms with Gasteiger partial charge in [0.25, 0.3) is 0 Å². The molecular formula is C17H32IN5OS. The minimum absolute atomic E-state index is 0. The lowest BCUT2D eigenvalue weighted by Gasteiger charge is -2.26. The zero-order valence-corrected chi connectivity index (χ0v) is 18.7. The van der Waals surface area contributed by atoms with Crippen molar-refractivity contribution >= 4 is 41.3 Å². The average molecular weight is 481 g/mol. The lowest BCUT2D eigenvalue weighted by molar-refractivity contribution is 0.0376. The van der Waals surface area contributed by atoms with Crippen molar-refractivity contribution in [2.75, 3.05) is 45.9 Å². The minimum atomic E-state index is 0. The topological polar surface area (TPSA) is 61.8 Å². The van der Waals surface area contributed by atoms with E-state index in [1.807, 2.05) is 0 Å². The highest BCUT2D eigenvalue weighted by molar-refractivity contribution is 14.0. The standard InChI is InChI=1S/C17H31N5OS.HI/c1-4-18-17(19-6-5-7-22-8-10-23-11-9-22)20-12-16-21-15(13-24-16)14(2)3;/h13-14H,4-12H2,1-3H3,(H2,18,19,20);1H. The molecule has 2 heterocycles. The maximum atomic E-state index is 5.38. The van der Waals surface area contributed by atoms with Crippen LogP contribution in [0.2, 0.25) is 0 Å². The van der Waals surface area contributed by atoms with Gasteiger partial charge in [-0.15, -0.1) is 35.3 Å². The predicted molar refractivity (Wildman–Crippen MR) is 116 cm³/mol. The third-order valence-electron chi connectivity index (χ3n) is 3.92. The molecule has 1 fully saturated rings. The second-order valence-corrected chi connectivity index (χ2v) is 7.19. The van der Waals surface area contributed by atoms with Crippen LogP contribution in [-0.2, 0) is 11.3 Å². The number of ether oxygens (including phenoxy) is 1. The second-order valence-electron chi connectivity index (χ2n) is 6.25. The molecule has 6 nitrogen and oxygen atoms in total. The lowest BCUT2D eigenvalue weighted by atomic mass is 10.2. The molecule has 0 aliphatic carbocycles. The molecule has 2 N–H and O–H groups in total. The summed E-state index contributed by atoms with van der Waals surface area (Å²) in [4.78, 5) is 11.7. The number of morpholine rings is 1. The van der Waals surface area contributed by atoms with Crippen LogP contribution in [0.15, 0.2) is 10.4 Å². The molecule has 0 atom stereocenters. The van der Waals surface area contributed by atoms with Crippen molar-refractivity contribution < 1.29 is 4.74 Å². The van der Waals surface area contributed by atoms with Gasteiger partial charge in [0.05, 0.1) is 25.5 Å². The maximum absolute atomic E-state index is 5.38. The highest BCUT2D eigenvalue weighted by Crippen LogP contribution is 2.18. The van der Waals surface area contributed by atoms with E-state index >= 15 is 0 Å². The Balaban J connectivity index is 0.00000312. The Morgan fingerprint density at radius 2 is 2.12 bits per heavy atom. The first-order valence-electron chi connectivity index (χ1n) is 8.95. The first-order chi connectivity index (χ1) is 11.7. The van der Waals surface area contributed by atoms with Gasteiger partial charge in [0.2, 0.25) is 0 Å². The molecular weight excluding hydrogens is 449 g/mol. The zero-order valence-electron chi connectivity index (χ0n) is 15.6. The van der Waals surface area contributed by atoms with Gasteiger partial charge in [0, 0.05) is 31.6 Å². The SMILES string of the molecule is CCNC(=NCc1nc(C(C)C)cs1)NCCCN1CCOCC1.I. The first kappa shape index (κ1) is 22.6. The monoisotopic (exact) mass is 481 g/mol. The van der Waals surface area contributed by atoms with Crippen LogP contribution in [0.1, 0.15) is 43.8 Å². The van der Waals surface area contributed by atoms with Gasteiger partial charge in [-0.05, 0) is 25.8 Å². The van der Waals surface area contributed by atoms with Crippen LogP contribution in [0.5, 0.6) is 0 Å². The molecule has 0 saturated carbocycles. The molecule has 1 aliphatic heterocycles. The van der Waals surface area contributed by atoms with E-state index < -0.39 is 0 Å². The van der Waals surface area contributed by atoms with Crippen LogP contribution in [0.25, 0.3) is 0 Å². The van der Waals surface area contributed by atoms with Gasteiger partial charge >= 0.3 is 0 Å². The Labute approximate surface area is 172 Å². The maximum Gasteiger partial charge on any atom is 0.191 e. The van der Waals surface area contributed by atoms with Gasteiger partial charge in [-0.2, -0.15) is 0 Å².